The van der Waals surface area contributed by atoms with Gasteiger partial charge in [0.15, 0.2) is 0 Å². The first-order valence-electron chi connectivity index (χ1n) is 5.96. The maximum absolute atomic E-state index is 11.4. The Balaban J connectivity index is 2.08. The fourth-order valence-corrected chi connectivity index (χ4v) is 2.07. The highest BCUT2D eigenvalue weighted by atomic mass is 32.1. The Bertz CT molecular complexity index is 349. The first kappa shape index (κ1) is 14.1. The third-order valence-electron chi connectivity index (χ3n) is 2.27. The molecule has 0 atom stereocenters. The molecule has 0 saturated heterocycles. The van der Waals surface area contributed by atoms with E-state index >= 15 is 0 Å². The molecule has 17 heavy (non-hydrogen) atoms. The van der Waals surface area contributed by atoms with Crippen LogP contribution in [0.3, 0.4) is 0 Å². The van der Waals surface area contributed by atoms with E-state index in [1.54, 1.807) is 11.3 Å². The van der Waals surface area contributed by atoms with Crippen LogP contribution < -0.4 is 10.6 Å². The second-order valence-corrected chi connectivity index (χ2v) is 5.46. The second kappa shape index (κ2) is 7.40. The second-order valence-electron chi connectivity index (χ2n) is 4.52. The van der Waals surface area contributed by atoms with Gasteiger partial charge in [0.05, 0.1) is 6.54 Å². The maximum atomic E-state index is 11.4. The summed E-state index contributed by atoms with van der Waals surface area (Å²) in [5, 5.41) is 9.01. The molecule has 0 aliphatic rings. The summed E-state index contributed by atoms with van der Waals surface area (Å²) in [6, 6.07) is 0. The number of nitrogens with one attached hydrogen (secondary N) is 2. The van der Waals surface area contributed by atoms with Gasteiger partial charge in [-0.2, -0.15) is 0 Å². The van der Waals surface area contributed by atoms with Crippen molar-refractivity contribution in [3.8, 4) is 0 Å². The van der Waals surface area contributed by atoms with Gasteiger partial charge in [-0.05, 0) is 19.3 Å². The third-order valence-corrected chi connectivity index (χ3v) is 3.24. The molecule has 1 heterocycles. The van der Waals surface area contributed by atoms with Crippen LogP contribution in [0.2, 0.25) is 0 Å². The van der Waals surface area contributed by atoms with Crippen molar-refractivity contribution in [2.45, 2.75) is 33.7 Å². The fraction of sp³-hybridized carbons (Fsp3) is 0.667. The number of aryl methyl sites for hydroxylation is 1. The molecule has 0 bridgehead atoms. The smallest absolute Gasteiger partial charge is 0.233 e. The lowest BCUT2D eigenvalue weighted by Gasteiger charge is -2.07. The molecular formula is C12H21N3OS. The molecule has 0 fully saturated rings. The van der Waals surface area contributed by atoms with E-state index in [2.05, 4.69) is 29.5 Å². The van der Waals surface area contributed by atoms with Crippen molar-refractivity contribution in [2.24, 2.45) is 5.92 Å². The minimum absolute atomic E-state index is 0.0546. The fourth-order valence-electron chi connectivity index (χ4n) is 1.33. The Labute approximate surface area is 107 Å². The third kappa shape index (κ3) is 6.38. The van der Waals surface area contributed by atoms with Crippen molar-refractivity contribution in [2.75, 3.05) is 13.1 Å². The standard InChI is InChI=1S/C12H21N3OS/c1-9(2)4-5-14-11(16)6-13-7-12-15-10(3)8-17-12/h8-9,13H,4-7H2,1-3H3,(H,14,16). The first-order valence-corrected chi connectivity index (χ1v) is 6.84. The molecule has 5 heteroatoms. The molecule has 0 unspecified atom stereocenters. The SMILES string of the molecule is Cc1csc(CNCC(=O)NCCC(C)C)n1. The molecule has 1 rings (SSSR count). The molecule has 4 nitrogen and oxygen atoms in total. The lowest BCUT2D eigenvalue weighted by atomic mass is 10.1. The number of rotatable bonds is 7. The van der Waals surface area contributed by atoms with Gasteiger partial charge in [-0.1, -0.05) is 13.8 Å². The van der Waals surface area contributed by atoms with Crippen molar-refractivity contribution >= 4 is 17.2 Å². The van der Waals surface area contributed by atoms with E-state index in [1.165, 1.54) is 0 Å². The zero-order valence-electron chi connectivity index (χ0n) is 10.7. The number of amides is 1. The molecule has 0 aliphatic carbocycles. The Hall–Kier alpha value is -0.940. The minimum Gasteiger partial charge on any atom is -0.355 e. The summed E-state index contributed by atoms with van der Waals surface area (Å²) in [5.41, 5.74) is 1.04. The predicted octanol–water partition coefficient (Wildman–Crippen LogP) is 1.70. The van der Waals surface area contributed by atoms with Crippen LogP contribution in [0.15, 0.2) is 5.38 Å². The lowest BCUT2D eigenvalue weighted by Crippen LogP contribution is -2.34. The van der Waals surface area contributed by atoms with E-state index in [4.69, 9.17) is 0 Å². The molecule has 0 radical (unpaired) electrons. The largest absolute Gasteiger partial charge is 0.355 e. The van der Waals surface area contributed by atoms with Crippen molar-refractivity contribution < 1.29 is 4.79 Å². The Kier molecular flexibility index (Phi) is 6.15. The van der Waals surface area contributed by atoms with Gasteiger partial charge in [-0.25, -0.2) is 4.98 Å². The van der Waals surface area contributed by atoms with Crippen molar-refractivity contribution in [1.29, 1.82) is 0 Å². The van der Waals surface area contributed by atoms with Crippen LogP contribution in [0.25, 0.3) is 0 Å². The highest BCUT2D eigenvalue weighted by molar-refractivity contribution is 7.09. The first-order chi connectivity index (χ1) is 8.08. The summed E-state index contributed by atoms with van der Waals surface area (Å²) in [4.78, 5) is 15.7. The summed E-state index contributed by atoms with van der Waals surface area (Å²) in [6.07, 6.45) is 1.03. The summed E-state index contributed by atoms with van der Waals surface area (Å²) >= 11 is 1.62. The number of aromatic nitrogens is 1. The van der Waals surface area contributed by atoms with Gasteiger partial charge in [0, 0.05) is 24.2 Å². The number of carbonyl (C=O) groups is 1. The van der Waals surface area contributed by atoms with Gasteiger partial charge in [0.2, 0.25) is 5.91 Å². The van der Waals surface area contributed by atoms with Crippen LogP contribution in [0.1, 0.15) is 31.0 Å². The number of nitrogens with zero attached hydrogens (tertiary/aromatic N) is 1. The zero-order chi connectivity index (χ0) is 12.7. The highest BCUT2D eigenvalue weighted by Gasteiger charge is 2.02. The number of thiazole rings is 1. The van der Waals surface area contributed by atoms with Crippen LogP contribution >= 0.6 is 11.3 Å². The zero-order valence-corrected chi connectivity index (χ0v) is 11.6. The molecule has 0 aromatic carbocycles. The predicted molar refractivity (Wildman–Crippen MR) is 71.0 cm³/mol. The average Bonchev–Trinajstić information content (AvgIpc) is 2.63. The summed E-state index contributed by atoms with van der Waals surface area (Å²) in [5.74, 6) is 0.681. The minimum atomic E-state index is 0.0546. The van der Waals surface area contributed by atoms with Crippen LogP contribution in [0.5, 0.6) is 0 Å². The van der Waals surface area contributed by atoms with Crippen molar-refractivity contribution in [3.63, 3.8) is 0 Å². The maximum Gasteiger partial charge on any atom is 0.233 e. The van der Waals surface area contributed by atoms with Gasteiger partial charge in [-0.3, -0.25) is 4.79 Å². The van der Waals surface area contributed by atoms with Gasteiger partial charge in [-0.15, -0.1) is 11.3 Å². The van der Waals surface area contributed by atoms with Gasteiger partial charge >= 0.3 is 0 Å². The molecule has 0 aliphatic heterocycles. The van der Waals surface area contributed by atoms with Crippen LogP contribution in [-0.2, 0) is 11.3 Å². The Morgan fingerprint density at radius 3 is 2.88 bits per heavy atom. The van der Waals surface area contributed by atoms with Crippen molar-refractivity contribution in [3.05, 3.63) is 16.1 Å². The van der Waals surface area contributed by atoms with E-state index in [0.717, 1.165) is 23.7 Å². The molecule has 2 N–H and O–H groups in total. The van der Waals surface area contributed by atoms with E-state index in [9.17, 15) is 4.79 Å². The van der Waals surface area contributed by atoms with E-state index in [-0.39, 0.29) is 5.91 Å². The summed E-state index contributed by atoms with van der Waals surface area (Å²) < 4.78 is 0. The summed E-state index contributed by atoms with van der Waals surface area (Å²) in [6.45, 7) is 8.05. The highest BCUT2D eigenvalue weighted by Crippen LogP contribution is 2.07. The summed E-state index contributed by atoms with van der Waals surface area (Å²) in [7, 11) is 0. The van der Waals surface area contributed by atoms with Crippen LogP contribution in [-0.4, -0.2) is 24.0 Å². The Morgan fingerprint density at radius 1 is 1.53 bits per heavy atom. The molecule has 1 amide bonds. The molecule has 1 aromatic rings. The average molecular weight is 255 g/mol. The van der Waals surface area contributed by atoms with E-state index in [1.807, 2.05) is 12.3 Å². The number of hydrogen-bond donors (Lipinski definition) is 2. The van der Waals surface area contributed by atoms with E-state index < -0.39 is 0 Å². The van der Waals surface area contributed by atoms with Gasteiger partial charge in [0.1, 0.15) is 5.01 Å². The van der Waals surface area contributed by atoms with E-state index in [0.29, 0.717) is 19.0 Å². The molecule has 0 saturated carbocycles. The lowest BCUT2D eigenvalue weighted by molar-refractivity contribution is -0.120. The van der Waals surface area contributed by atoms with Crippen LogP contribution in [0, 0.1) is 12.8 Å². The molecular weight excluding hydrogens is 234 g/mol. The number of carbonyl (C=O) groups excluding carboxylic acids is 1. The molecule has 1 aromatic heterocycles. The molecule has 0 spiro atoms. The quantitative estimate of drug-likeness (QED) is 0.780. The topological polar surface area (TPSA) is 54.0 Å². The van der Waals surface area contributed by atoms with Crippen LogP contribution in [0.4, 0.5) is 0 Å². The van der Waals surface area contributed by atoms with Gasteiger partial charge < -0.3 is 10.6 Å². The normalized spacial score (nSPS) is 10.8. The number of hydrogen-bond acceptors (Lipinski definition) is 4. The monoisotopic (exact) mass is 255 g/mol. The van der Waals surface area contributed by atoms with Crippen molar-refractivity contribution in [1.82, 2.24) is 15.6 Å². The Morgan fingerprint density at radius 2 is 2.29 bits per heavy atom. The molecule has 96 valence electrons. The van der Waals surface area contributed by atoms with Gasteiger partial charge in [0.25, 0.3) is 0 Å².